The molecule has 0 radical (unpaired) electrons. The van der Waals surface area contributed by atoms with E-state index in [-0.39, 0.29) is 0 Å². The van der Waals surface area contributed by atoms with Crippen molar-refractivity contribution in [1.29, 1.82) is 0 Å². The maximum Gasteiger partial charge on any atom is 0.160 e. The molecule has 0 N–H and O–H groups in total. The van der Waals surface area contributed by atoms with Crippen LogP contribution in [0.3, 0.4) is 0 Å². The number of hydrogen-bond donors (Lipinski definition) is 0. The number of benzene rings is 9. The van der Waals surface area contributed by atoms with E-state index in [4.69, 9.17) is 19.9 Å². The summed E-state index contributed by atoms with van der Waals surface area (Å²) in [7, 11) is 0. The van der Waals surface area contributed by atoms with Crippen LogP contribution in [0.1, 0.15) is 22.3 Å². The number of aromatic nitrogens is 4. The standard InChI is InChI=1S/C59H38N4/c1-6-18-40(19-7-1)53-38-54(43-33-34-48-47-28-16-17-29-51(47)59(52(48)37-43,45-24-12-4-13-25-45)46-26-14-5-15-27-46)61-58(60-53)44-31-30-39-32-35-49-55(41-20-8-2-9-21-41)62-57(42-22-10-3-11-23-42)63-56(49)50(39)36-44/h1-38H. The molecule has 4 heteroatoms. The van der Waals surface area contributed by atoms with Crippen molar-refractivity contribution in [3.63, 3.8) is 0 Å². The Morgan fingerprint density at radius 1 is 0.302 bits per heavy atom. The molecule has 1 aliphatic carbocycles. The van der Waals surface area contributed by atoms with Crippen molar-refractivity contribution in [2.24, 2.45) is 0 Å². The van der Waals surface area contributed by atoms with Crippen LogP contribution < -0.4 is 0 Å². The lowest BCUT2D eigenvalue weighted by Gasteiger charge is -2.34. The summed E-state index contributed by atoms with van der Waals surface area (Å²) in [6.45, 7) is 0. The van der Waals surface area contributed by atoms with E-state index in [1.807, 2.05) is 30.3 Å². The second kappa shape index (κ2) is 15.0. The summed E-state index contributed by atoms with van der Waals surface area (Å²) < 4.78 is 0. The molecule has 0 saturated heterocycles. The maximum absolute atomic E-state index is 5.44. The highest BCUT2D eigenvalue weighted by molar-refractivity contribution is 6.10. The van der Waals surface area contributed by atoms with Crippen LogP contribution in [0, 0.1) is 0 Å². The van der Waals surface area contributed by atoms with Gasteiger partial charge in [0.25, 0.3) is 0 Å². The van der Waals surface area contributed by atoms with Crippen LogP contribution >= 0.6 is 0 Å². The zero-order valence-electron chi connectivity index (χ0n) is 34.2. The summed E-state index contributed by atoms with van der Waals surface area (Å²) in [5.74, 6) is 1.33. The minimum absolute atomic E-state index is 0.527. The predicted molar refractivity (Wildman–Crippen MR) is 257 cm³/mol. The fourth-order valence-electron chi connectivity index (χ4n) is 9.67. The van der Waals surface area contributed by atoms with E-state index in [1.165, 1.54) is 33.4 Å². The first kappa shape index (κ1) is 36.5. The Labute approximate surface area is 365 Å². The van der Waals surface area contributed by atoms with E-state index in [0.29, 0.717) is 11.6 Å². The average Bonchev–Trinajstić information content (AvgIpc) is 3.67. The van der Waals surface area contributed by atoms with Gasteiger partial charge in [0, 0.05) is 38.6 Å². The topological polar surface area (TPSA) is 51.6 Å². The molecular formula is C59H38N4. The quantitative estimate of drug-likeness (QED) is 0.151. The largest absolute Gasteiger partial charge is 0.228 e. The molecule has 2 aromatic heterocycles. The highest BCUT2D eigenvalue weighted by atomic mass is 14.9. The molecule has 0 bridgehead atoms. The highest BCUT2D eigenvalue weighted by Crippen LogP contribution is 2.56. The minimum atomic E-state index is -0.527. The van der Waals surface area contributed by atoms with Crippen LogP contribution in [-0.4, -0.2) is 19.9 Å². The van der Waals surface area contributed by atoms with Gasteiger partial charge in [0.2, 0.25) is 0 Å². The van der Waals surface area contributed by atoms with Crippen LogP contribution in [-0.2, 0) is 5.41 Å². The molecule has 9 aromatic carbocycles. The van der Waals surface area contributed by atoms with Crippen molar-refractivity contribution < 1.29 is 0 Å². The third-order valence-electron chi connectivity index (χ3n) is 12.6. The zero-order valence-corrected chi connectivity index (χ0v) is 34.2. The van der Waals surface area contributed by atoms with Crippen molar-refractivity contribution in [2.75, 3.05) is 0 Å². The molecule has 1 aliphatic rings. The normalized spacial score (nSPS) is 12.6. The molecule has 0 spiro atoms. The molecule has 2 heterocycles. The van der Waals surface area contributed by atoms with E-state index in [2.05, 4.69) is 200 Å². The molecule has 0 atom stereocenters. The van der Waals surface area contributed by atoms with Crippen LogP contribution in [0.2, 0.25) is 0 Å². The molecule has 294 valence electrons. The molecule has 4 nitrogen and oxygen atoms in total. The molecular weight excluding hydrogens is 765 g/mol. The predicted octanol–water partition coefficient (Wildman–Crippen LogP) is 14.3. The summed E-state index contributed by atoms with van der Waals surface area (Å²) in [6.07, 6.45) is 0. The second-order valence-corrected chi connectivity index (χ2v) is 16.1. The maximum atomic E-state index is 5.44. The Bertz CT molecular complexity index is 3440. The number of fused-ring (bicyclic) bond motifs is 6. The van der Waals surface area contributed by atoms with E-state index in [0.717, 1.165) is 66.6 Å². The molecule has 0 aliphatic heterocycles. The lowest BCUT2D eigenvalue weighted by molar-refractivity contribution is 0.768. The summed E-state index contributed by atoms with van der Waals surface area (Å²) in [5, 5.41) is 3.09. The summed E-state index contributed by atoms with van der Waals surface area (Å²) in [6, 6.07) is 81.6. The molecule has 0 saturated carbocycles. The van der Waals surface area contributed by atoms with Gasteiger partial charge >= 0.3 is 0 Å². The van der Waals surface area contributed by atoms with Crippen molar-refractivity contribution >= 4 is 21.7 Å². The van der Waals surface area contributed by atoms with Crippen LogP contribution in [0.5, 0.6) is 0 Å². The van der Waals surface area contributed by atoms with Crippen molar-refractivity contribution in [1.82, 2.24) is 19.9 Å². The number of rotatable bonds is 7. The lowest BCUT2D eigenvalue weighted by atomic mass is 9.67. The molecule has 12 rings (SSSR count). The van der Waals surface area contributed by atoms with Gasteiger partial charge in [-0.2, -0.15) is 0 Å². The Kier molecular flexibility index (Phi) is 8.68. The first-order valence-electron chi connectivity index (χ1n) is 21.4. The van der Waals surface area contributed by atoms with E-state index in [9.17, 15) is 0 Å². The van der Waals surface area contributed by atoms with Gasteiger partial charge in [0.1, 0.15) is 0 Å². The molecule has 0 unspecified atom stereocenters. The highest BCUT2D eigenvalue weighted by Gasteiger charge is 2.46. The summed E-state index contributed by atoms with van der Waals surface area (Å²) >= 11 is 0. The van der Waals surface area contributed by atoms with Gasteiger partial charge in [-0.05, 0) is 63.0 Å². The lowest BCUT2D eigenvalue weighted by Crippen LogP contribution is -2.28. The van der Waals surface area contributed by atoms with Gasteiger partial charge in [0.05, 0.1) is 28.0 Å². The third-order valence-corrected chi connectivity index (χ3v) is 12.6. The molecule has 11 aromatic rings. The van der Waals surface area contributed by atoms with Gasteiger partial charge in [-0.15, -0.1) is 0 Å². The molecule has 63 heavy (non-hydrogen) atoms. The van der Waals surface area contributed by atoms with Crippen LogP contribution in [0.4, 0.5) is 0 Å². The first-order valence-corrected chi connectivity index (χ1v) is 21.4. The van der Waals surface area contributed by atoms with Crippen molar-refractivity contribution in [3.05, 3.63) is 253 Å². The number of nitrogens with zero attached hydrogens (tertiary/aromatic N) is 4. The SMILES string of the molecule is c1ccc(-c2cc(-c3ccc4c(c3)C(c3ccccc3)(c3ccccc3)c3ccccc3-4)nc(-c3ccc4ccc5c(-c6ccccc6)nc(-c6ccccc6)nc5c4c3)n2)cc1. The van der Waals surface area contributed by atoms with Gasteiger partial charge < -0.3 is 0 Å². The van der Waals surface area contributed by atoms with Gasteiger partial charge in [0.15, 0.2) is 11.6 Å². The average molecular weight is 803 g/mol. The monoisotopic (exact) mass is 802 g/mol. The van der Waals surface area contributed by atoms with Gasteiger partial charge in [-0.1, -0.05) is 206 Å². The van der Waals surface area contributed by atoms with Crippen LogP contribution in [0.25, 0.3) is 89.4 Å². The molecule has 0 fully saturated rings. The third kappa shape index (κ3) is 6.07. The zero-order chi connectivity index (χ0) is 41.7. The Morgan fingerprint density at radius 2 is 0.825 bits per heavy atom. The van der Waals surface area contributed by atoms with Crippen LogP contribution in [0.15, 0.2) is 231 Å². The second-order valence-electron chi connectivity index (χ2n) is 16.1. The fourth-order valence-corrected chi connectivity index (χ4v) is 9.67. The van der Waals surface area contributed by atoms with E-state index in [1.54, 1.807) is 0 Å². The Hall–Kier alpha value is -8.34. The summed E-state index contributed by atoms with van der Waals surface area (Å²) in [4.78, 5) is 21.2. The first-order chi connectivity index (χ1) is 31.2. The van der Waals surface area contributed by atoms with E-state index < -0.39 is 5.41 Å². The smallest absolute Gasteiger partial charge is 0.160 e. The minimum Gasteiger partial charge on any atom is -0.228 e. The number of hydrogen-bond acceptors (Lipinski definition) is 4. The van der Waals surface area contributed by atoms with Gasteiger partial charge in [-0.3, -0.25) is 0 Å². The Balaban J connectivity index is 1.08. The summed E-state index contributed by atoms with van der Waals surface area (Å²) in [5.41, 5.74) is 15.4. The fraction of sp³-hybridized carbons (Fsp3) is 0.0169. The van der Waals surface area contributed by atoms with Gasteiger partial charge in [-0.25, -0.2) is 19.9 Å². The Morgan fingerprint density at radius 3 is 1.51 bits per heavy atom. The van der Waals surface area contributed by atoms with Crippen molar-refractivity contribution in [2.45, 2.75) is 5.41 Å². The molecule has 0 amide bonds. The van der Waals surface area contributed by atoms with E-state index >= 15 is 0 Å². The van der Waals surface area contributed by atoms with Crippen molar-refractivity contribution in [3.8, 4) is 67.7 Å².